The molecule has 1 fully saturated rings. The molecule has 0 unspecified atom stereocenters. The van der Waals surface area contributed by atoms with Crippen LogP contribution in [-0.2, 0) is 4.79 Å². The number of rotatable bonds is 6. The standard InChI is InChI=1S/C24H26N6O3/c1-29(2)24(31)20-9-17(13-30(20)3)33-22-10-18-19(11-21(22)32-4)26-14-27-23(18)28-16-7-5-6-15(8-16)12-25/h5-8,10-11,14,17,20H,9,13H2,1-4H3,(H,26,27,28)/t17-,20+/m0/s1. The smallest absolute Gasteiger partial charge is 0.239 e. The van der Waals surface area contributed by atoms with Crippen LogP contribution in [-0.4, -0.2) is 72.6 Å². The summed E-state index contributed by atoms with van der Waals surface area (Å²) >= 11 is 0. The first kappa shape index (κ1) is 22.3. The number of benzene rings is 2. The van der Waals surface area contributed by atoms with Crippen molar-refractivity contribution < 1.29 is 14.3 Å². The van der Waals surface area contributed by atoms with Gasteiger partial charge in [-0.2, -0.15) is 5.26 Å². The van der Waals surface area contributed by atoms with Gasteiger partial charge in [0.25, 0.3) is 0 Å². The van der Waals surface area contributed by atoms with E-state index < -0.39 is 0 Å². The number of carbonyl (C=O) groups is 1. The Kier molecular flexibility index (Phi) is 6.29. The number of hydrogen-bond acceptors (Lipinski definition) is 8. The molecule has 0 radical (unpaired) electrons. The molecule has 1 aliphatic rings. The predicted octanol–water partition coefficient (Wildman–Crippen LogP) is 2.79. The molecule has 1 aliphatic heterocycles. The third kappa shape index (κ3) is 4.66. The van der Waals surface area contributed by atoms with Crippen LogP contribution in [0.1, 0.15) is 12.0 Å². The van der Waals surface area contributed by atoms with E-state index in [-0.39, 0.29) is 18.1 Å². The van der Waals surface area contributed by atoms with Crippen molar-refractivity contribution in [3.63, 3.8) is 0 Å². The summed E-state index contributed by atoms with van der Waals surface area (Å²) in [6, 6.07) is 12.8. The monoisotopic (exact) mass is 446 g/mol. The highest BCUT2D eigenvalue weighted by atomic mass is 16.5. The molecule has 9 heteroatoms. The highest BCUT2D eigenvalue weighted by Crippen LogP contribution is 2.36. The lowest BCUT2D eigenvalue weighted by atomic mass is 10.1. The molecule has 1 saturated heterocycles. The Hall–Kier alpha value is -3.90. The molecule has 9 nitrogen and oxygen atoms in total. The van der Waals surface area contributed by atoms with Crippen molar-refractivity contribution >= 4 is 28.3 Å². The van der Waals surface area contributed by atoms with E-state index in [1.807, 2.05) is 36.2 Å². The molecule has 1 aromatic heterocycles. The average Bonchev–Trinajstić information content (AvgIpc) is 3.18. The van der Waals surface area contributed by atoms with E-state index >= 15 is 0 Å². The highest BCUT2D eigenvalue weighted by Gasteiger charge is 2.36. The number of fused-ring (bicyclic) bond motifs is 1. The number of anilines is 2. The highest BCUT2D eigenvalue weighted by molar-refractivity contribution is 5.93. The number of hydrogen-bond donors (Lipinski definition) is 1. The molecule has 170 valence electrons. The predicted molar refractivity (Wildman–Crippen MR) is 125 cm³/mol. The van der Waals surface area contributed by atoms with Crippen molar-refractivity contribution in [3.05, 3.63) is 48.3 Å². The normalized spacial score (nSPS) is 18.0. The Morgan fingerprint density at radius 1 is 1.24 bits per heavy atom. The number of likely N-dealkylation sites (N-methyl/N-ethyl adjacent to an activating group) is 2. The van der Waals surface area contributed by atoms with Crippen molar-refractivity contribution in [1.82, 2.24) is 19.8 Å². The second-order valence-electron chi connectivity index (χ2n) is 8.22. The zero-order chi connectivity index (χ0) is 23.5. The van der Waals surface area contributed by atoms with Crippen LogP contribution >= 0.6 is 0 Å². The molecule has 0 spiro atoms. The summed E-state index contributed by atoms with van der Waals surface area (Å²) in [5, 5.41) is 13.2. The molecule has 0 bridgehead atoms. The molecule has 1 N–H and O–H groups in total. The number of nitrogens with zero attached hydrogens (tertiary/aromatic N) is 5. The summed E-state index contributed by atoms with van der Waals surface area (Å²) in [6.07, 6.45) is 1.90. The summed E-state index contributed by atoms with van der Waals surface area (Å²) in [5.41, 5.74) is 1.99. The zero-order valence-corrected chi connectivity index (χ0v) is 19.1. The molecule has 2 heterocycles. The fourth-order valence-corrected chi connectivity index (χ4v) is 4.02. The quantitative estimate of drug-likeness (QED) is 0.617. The number of aromatic nitrogens is 2. The summed E-state index contributed by atoms with van der Waals surface area (Å²) in [5.74, 6) is 1.77. The van der Waals surface area contributed by atoms with Gasteiger partial charge in [-0.3, -0.25) is 9.69 Å². The van der Waals surface area contributed by atoms with Crippen LogP contribution in [0.3, 0.4) is 0 Å². The molecule has 2 aromatic carbocycles. The minimum absolute atomic E-state index is 0.0635. The zero-order valence-electron chi connectivity index (χ0n) is 19.1. The fraction of sp³-hybridized carbons (Fsp3) is 0.333. The van der Waals surface area contributed by atoms with Crippen molar-refractivity contribution in [2.24, 2.45) is 0 Å². The van der Waals surface area contributed by atoms with Gasteiger partial charge in [0.2, 0.25) is 5.91 Å². The van der Waals surface area contributed by atoms with Crippen LogP contribution < -0.4 is 14.8 Å². The lowest BCUT2D eigenvalue weighted by Gasteiger charge is -2.21. The van der Waals surface area contributed by atoms with E-state index in [2.05, 4.69) is 21.4 Å². The Labute approximate surface area is 192 Å². The molecular weight excluding hydrogens is 420 g/mol. The van der Waals surface area contributed by atoms with Crippen LogP contribution in [0, 0.1) is 11.3 Å². The lowest BCUT2D eigenvalue weighted by molar-refractivity contribution is -0.133. The number of likely N-dealkylation sites (tertiary alicyclic amines) is 1. The third-order valence-corrected chi connectivity index (χ3v) is 5.70. The van der Waals surface area contributed by atoms with Crippen molar-refractivity contribution in [2.45, 2.75) is 18.6 Å². The third-order valence-electron chi connectivity index (χ3n) is 5.70. The number of carbonyl (C=O) groups excluding carboxylic acids is 1. The van der Waals surface area contributed by atoms with Crippen molar-refractivity contribution in [3.8, 4) is 17.6 Å². The maximum absolute atomic E-state index is 12.5. The van der Waals surface area contributed by atoms with Crippen LogP contribution in [0.2, 0.25) is 0 Å². The number of nitriles is 1. The van der Waals surface area contributed by atoms with Gasteiger partial charge in [-0.05, 0) is 31.3 Å². The minimum atomic E-state index is -0.218. The summed E-state index contributed by atoms with van der Waals surface area (Å²) in [6.45, 7) is 0.628. The Morgan fingerprint density at radius 2 is 2.06 bits per heavy atom. The molecule has 3 aromatic rings. The van der Waals surface area contributed by atoms with E-state index in [1.165, 1.54) is 6.33 Å². The van der Waals surface area contributed by atoms with Crippen molar-refractivity contribution in [1.29, 1.82) is 5.26 Å². The Balaban J connectivity index is 1.64. The Bertz CT molecular complexity index is 1220. The number of nitrogens with one attached hydrogen (secondary N) is 1. The molecule has 0 saturated carbocycles. The maximum Gasteiger partial charge on any atom is 0.239 e. The first-order valence-corrected chi connectivity index (χ1v) is 10.6. The first-order chi connectivity index (χ1) is 15.9. The van der Waals surface area contributed by atoms with E-state index in [4.69, 9.17) is 9.47 Å². The molecular formula is C24H26N6O3. The first-order valence-electron chi connectivity index (χ1n) is 10.6. The van der Waals surface area contributed by atoms with Crippen LogP contribution in [0.4, 0.5) is 11.5 Å². The SMILES string of the molecule is COc1cc2ncnc(Nc3cccc(C#N)c3)c2cc1O[C@H]1C[C@H](C(=O)N(C)C)N(C)C1. The second-order valence-corrected chi connectivity index (χ2v) is 8.22. The number of ether oxygens (including phenoxy) is 2. The van der Waals surface area contributed by atoms with Crippen LogP contribution in [0.5, 0.6) is 11.5 Å². The lowest BCUT2D eigenvalue weighted by Crippen LogP contribution is -2.40. The maximum atomic E-state index is 12.5. The van der Waals surface area contributed by atoms with Crippen LogP contribution in [0.15, 0.2) is 42.7 Å². The van der Waals surface area contributed by atoms with E-state index in [0.717, 1.165) is 11.1 Å². The van der Waals surface area contributed by atoms with Gasteiger partial charge in [0.1, 0.15) is 18.2 Å². The number of methoxy groups -OCH3 is 1. The van der Waals surface area contributed by atoms with Gasteiger partial charge in [0, 0.05) is 44.2 Å². The van der Waals surface area contributed by atoms with Gasteiger partial charge < -0.3 is 19.7 Å². The average molecular weight is 447 g/mol. The van der Waals surface area contributed by atoms with Gasteiger partial charge in [0.05, 0.1) is 30.3 Å². The molecule has 0 aliphatic carbocycles. The molecule has 4 rings (SSSR count). The van der Waals surface area contributed by atoms with Gasteiger partial charge in [-0.1, -0.05) is 6.07 Å². The van der Waals surface area contributed by atoms with E-state index in [0.29, 0.717) is 41.4 Å². The summed E-state index contributed by atoms with van der Waals surface area (Å²) in [7, 11) is 7.04. The second kappa shape index (κ2) is 9.30. The van der Waals surface area contributed by atoms with Gasteiger partial charge in [-0.15, -0.1) is 0 Å². The van der Waals surface area contributed by atoms with Crippen molar-refractivity contribution in [2.75, 3.05) is 40.1 Å². The largest absolute Gasteiger partial charge is 0.493 e. The molecule has 1 amide bonds. The van der Waals surface area contributed by atoms with Gasteiger partial charge >= 0.3 is 0 Å². The van der Waals surface area contributed by atoms with E-state index in [1.54, 1.807) is 38.2 Å². The Morgan fingerprint density at radius 3 is 2.79 bits per heavy atom. The molecule has 2 atom stereocenters. The van der Waals surface area contributed by atoms with Crippen LogP contribution in [0.25, 0.3) is 10.9 Å². The van der Waals surface area contributed by atoms with Gasteiger partial charge in [-0.25, -0.2) is 9.97 Å². The molecule has 33 heavy (non-hydrogen) atoms. The van der Waals surface area contributed by atoms with E-state index in [9.17, 15) is 10.1 Å². The number of amides is 1. The topological polar surface area (TPSA) is 104 Å². The summed E-state index contributed by atoms with van der Waals surface area (Å²) in [4.78, 5) is 24.9. The summed E-state index contributed by atoms with van der Waals surface area (Å²) < 4.78 is 11.9. The van der Waals surface area contributed by atoms with Gasteiger partial charge in [0.15, 0.2) is 11.5 Å². The minimum Gasteiger partial charge on any atom is -0.493 e. The fourth-order valence-electron chi connectivity index (χ4n) is 4.02.